The van der Waals surface area contributed by atoms with E-state index in [2.05, 4.69) is 0 Å². The van der Waals surface area contributed by atoms with E-state index in [0.717, 1.165) is 4.90 Å². The van der Waals surface area contributed by atoms with Gasteiger partial charge in [0.05, 0.1) is 16.8 Å². The molecule has 0 N–H and O–H groups in total. The largest absolute Gasteiger partial charge is 0.479 e. The van der Waals surface area contributed by atoms with Gasteiger partial charge in [0.15, 0.2) is 6.10 Å². The molecule has 1 heterocycles. The minimum atomic E-state index is -0.854. The molecule has 0 bridgehead atoms. The van der Waals surface area contributed by atoms with Crippen LogP contribution in [-0.2, 0) is 16.1 Å². The van der Waals surface area contributed by atoms with E-state index in [0.29, 0.717) is 33.1 Å². The smallest absolute Gasteiger partial charge is 0.347 e. The van der Waals surface area contributed by atoms with Gasteiger partial charge in [-0.05, 0) is 49.4 Å². The zero-order valence-corrected chi connectivity index (χ0v) is 17.3. The molecule has 0 radical (unpaired) electrons. The van der Waals surface area contributed by atoms with E-state index in [1.54, 1.807) is 73.7 Å². The summed E-state index contributed by atoms with van der Waals surface area (Å²) in [6.45, 7) is 1.62. The molecule has 2 amide bonds. The lowest BCUT2D eigenvalue weighted by atomic mass is 10.1. The number of halogens is 1. The molecule has 7 heteroatoms. The summed E-state index contributed by atoms with van der Waals surface area (Å²) >= 11 is 6.06. The molecule has 0 saturated heterocycles. The third kappa shape index (κ3) is 4.15. The van der Waals surface area contributed by atoms with Crippen LogP contribution in [-0.4, -0.2) is 23.9 Å². The van der Waals surface area contributed by atoms with E-state index in [1.807, 2.05) is 6.07 Å². The zero-order chi connectivity index (χ0) is 22.0. The molecule has 1 aliphatic heterocycles. The highest BCUT2D eigenvalue weighted by Crippen LogP contribution is 2.29. The Kier molecular flexibility index (Phi) is 5.73. The lowest BCUT2D eigenvalue weighted by molar-refractivity contribution is -0.152. The second-order valence-electron chi connectivity index (χ2n) is 6.94. The van der Waals surface area contributed by atoms with Crippen molar-refractivity contribution in [2.24, 2.45) is 0 Å². The van der Waals surface area contributed by atoms with Crippen LogP contribution in [0.5, 0.6) is 5.75 Å². The normalized spacial score (nSPS) is 13.7. The summed E-state index contributed by atoms with van der Waals surface area (Å²) in [6.07, 6.45) is -0.854. The van der Waals surface area contributed by atoms with Crippen molar-refractivity contribution in [3.05, 3.63) is 94.5 Å². The number of anilines is 1. The van der Waals surface area contributed by atoms with Gasteiger partial charge in [0.25, 0.3) is 11.8 Å². The number of nitrogens with zero attached hydrogens (tertiary/aromatic N) is 1. The van der Waals surface area contributed by atoms with E-state index in [-0.39, 0.29) is 18.4 Å². The summed E-state index contributed by atoms with van der Waals surface area (Å²) in [5.41, 5.74) is 1.88. The zero-order valence-electron chi connectivity index (χ0n) is 16.6. The molecule has 0 aliphatic carbocycles. The second kappa shape index (κ2) is 8.62. The minimum Gasteiger partial charge on any atom is -0.479 e. The van der Waals surface area contributed by atoms with Crippen LogP contribution in [0, 0.1) is 0 Å². The highest BCUT2D eigenvalue weighted by Gasteiger charge is 2.36. The number of fused-ring (bicyclic) bond motifs is 1. The van der Waals surface area contributed by atoms with Gasteiger partial charge in [-0.25, -0.2) is 9.69 Å². The summed E-state index contributed by atoms with van der Waals surface area (Å²) < 4.78 is 10.9. The molecular weight excluding hydrogens is 418 g/mol. The van der Waals surface area contributed by atoms with E-state index in [9.17, 15) is 14.4 Å². The Bertz CT molecular complexity index is 1120. The Morgan fingerprint density at radius 3 is 2.10 bits per heavy atom. The van der Waals surface area contributed by atoms with E-state index in [1.165, 1.54) is 0 Å². The summed E-state index contributed by atoms with van der Waals surface area (Å²) in [4.78, 5) is 38.5. The van der Waals surface area contributed by atoms with Crippen LogP contribution >= 0.6 is 11.6 Å². The molecule has 1 aliphatic rings. The molecule has 0 fully saturated rings. The van der Waals surface area contributed by atoms with Gasteiger partial charge in [0.2, 0.25) is 0 Å². The maximum atomic E-state index is 12.6. The van der Waals surface area contributed by atoms with E-state index in [4.69, 9.17) is 21.1 Å². The highest BCUT2D eigenvalue weighted by molar-refractivity contribution is 6.34. The van der Waals surface area contributed by atoms with E-state index >= 15 is 0 Å². The summed E-state index contributed by atoms with van der Waals surface area (Å²) in [6, 6.07) is 20.2. The quantitative estimate of drug-likeness (QED) is 0.416. The molecule has 3 aromatic carbocycles. The number of benzene rings is 3. The molecular formula is C24H18ClNO5. The first-order valence-electron chi connectivity index (χ1n) is 9.60. The standard InChI is InChI=1S/C24H18ClNO5/c1-15(24(29)30-14-16-6-2-5-9-21(16)25)31-18-12-10-17(11-13-18)26-22(27)19-7-3-4-8-20(19)23(26)28/h2-13,15H,14H2,1H3/t15-/m1/s1. The van der Waals surface area contributed by atoms with Crippen LogP contribution in [0.15, 0.2) is 72.8 Å². The predicted molar refractivity (Wildman–Crippen MR) is 115 cm³/mol. The maximum Gasteiger partial charge on any atom is 0.347 e. The van der Waals surface area contributed by atoms with Gasteiger partial charge >= 0.3 is 5.97 Å². The topological polar surface area (TPSA) is 72.9 Å². The average Bonchev–Trinajstić information content (AvgIpc) is 3.04. The van der Waals surface area contributed by atoms with Crippen molar-refractivity contribution < 1.29 is 23.9 Å². The van der Waals surface area contributed by atoms with Crippen LogP contribution in [0.25, 0.3) is 0 Å². The van der Waals surface area contributed by atoms with Crippen molar-refractivity contribution in [1.29, 1.82) is 0 Å². The summed E-state index contributed by atoms with van der Waals surface area (Å²) in [5, 5.41) is 0.521. The van der Waals surface area contributed by atoms with Gasteiger partial charge in [0.1, 0.15) is 12.4 Å². The predicted octanol–water partition coefficient (Wildman–Crippen LogP) is 4.65. The monoisotopic (exact) mass is 435 g/mol. The number of amides is 2. The Balaban J connectivity index is 1.39. The third-order valence-electron chi connectivity index (χ3n) is 4.86. The van der Waals surface area contributed by atoms with Crippen molar-refractivity contribution in [3.8, 4) is 5.75 Å². The summed E-state index contributed by atoms with van der Waals surface area (Å²) in [5.74, 6) is -0.872. The lowest BCUT2D eigenvalue weighted by Gasteiger charge is -2.17. The second-order valence-corrected chi connectivity index (χ2v) is 7.35. The van der Waals surface area contributed by atoms with Gasteiger partial charge in [-0.1, -0.05) is 41.9 Å². The van der Waals surface area contributed by atoms with Crippen LogP contribution in [0.2, 0.25) is 5.02 Å². The first-order chi connectivity index (χ1) is 15.0. The number of esters is 1. The first-order valence-corrected chi connectivity index (χ1v) is 9.98. The van der Waals surface area contributed by atoms with Crippen molar-refractivity contribution >= 4 is 35.1 Å². The van der Waals surface area contributed by atoms with Crippen molar-refractivity contribution in [2.75, 3.05) is 4.90 Å². The highest BCUT2D eigenvalue weighted by atomic mass is 35.5. The molecule has 4 rings (SSSR count). The third-order valence-corrected chi connectivity index (χ3v) is 5.23. The van der Waals surface area contributed by atoms with Gasteiger partial charge in [0, 0.05) is 10.6 Å². The van der Waals surface area contributed by atoms with Gasteiger partial charge < -0.3 is 9.47 Å². The molecule has 31 heavy (non-hydrogen) atoms. The number of carbonyl (C=O) groups is 3. The number of ether oxygens (including phenoxy) is 2. The fourth-order valence-electron chi connectivity index (χ4n) is 3.23. The molecule has 3 aromatic rings. The minimum absolute atomic E-state index is 0.0465. The van der Waals surface area contributed by atoms with Gasteiger partial charge in [-0.15, -0.1) is 0 Å². The molecule has 6 nitrogen and oxygen atoms in total. The fraction of sp³-hybridized carbons (Fsp3) is 0.125. The molecule has 0 spiro atoms. The number of rotatable bonds is 6. The van der Waals surface area contributed by atoms with Crippen LogP contribution < -0.4 is 9.64 Å². The number of hydrogen-bond acceptors (Lipinski definition) is 5. The van der Waals surface area contributed by atoms with Crippen molar-refractivity contribution in [1.82, 2.24) is 0 Å². The summed E-state index contributed by atoms with van der Waals surface area (Å²) in [7, 11) is 0. The molecule has 0 unspecified atom stereocenters. The number of imide groups is 1. The van der Waals surface area contributed by atoms with Crippen LogP contribution in [0.1, 0.15) is 33.2 Å². The van der Waals surface area contributed by atoms with E-state index < -0.39 is 12.1 Å². The van der Waals surface area contributed by atoms with Gasteiger partial charge in [-0.2, -0.15) is 0 Å². The maximum absolute atomic E-state index is 12.6. The SMILES string of the molecule is C[C@@H](Oc1ccc(N2C(=O)c3ccccc3C2=O)cc1)C(=O)OCc1ccccc1Cl. The number of hydrogen-bond donors (Lipinski definition) is 0. The Morgan fingerprint density at radius 1 is 0.903 bits per heavy atom. The molecule has 1 atom stereocenters. The Labute approximate surface area is 184 Å². The molecule has 0 aromatic heterocycles. The fourth-order valence-corrected chi connectivity index (χ4v) is 3.42. The lowest BCUT2D eigenvalue weighted by Crippen LogP contribution is -2.29. The Hall–Kier alpha value is -3.64. The number of carbonyl (C=O) groups excluding carboxylic acids is 3. The van der Waals surface area contributed by atoms with Crippen LogP contribution in [0.4, 0.5) is 5.69 Å². The van der Waals surface area contributed by atoms with Crippen molar-refractivity contribution in [2.45, 2.75) is 19.6 Å². The Morgan fingerprint density at radius 2 is 1.48 bits per heavy atom. The van der Waals surface area contributed by atoms with Crippen molar-refractivity contribution in [3.63, 3.8) is 0 Å². The molecule has 0 saturated carbocycles. The average molecular weight is 436 g/mol. The molecule has 156 valence electrons. The van der Waals surface area contributed by atoms with Gasteiger partial charge in [-0.3, -0.25) is 9.59 Å². The van der Waals surface area contributed by atoms with Crippen LogP contribution in [0.3, 0.4) is 0 Å². The first kappa shape index (κ1) is 20.6.